The molecule has 1 fully saturated rings. The molecule has 1 saturated carbocycles. The van der Waals surface area contributed by atoms with E-state index in [-0.39, 0.29) is 5.25 Å². The molecule has 4 heteroatoms. The molecule has 0 bridgehead atoms. The Hall–Kier alpha value is -0.0900. The maximum absolute atomic E-state index is 12.0. The van der Waals surface area contributed by atoms with Gasteiger partial charge < -0.3 is 5.32 Å². The molecular weight excluding hydrogens is 258 g/mol. The molecule has 114 valence electrons. The van der Waals surface area contributed by atoms with Gasteiger partial charge in [0.1, 0.15) is 0 Å². The molecule has 0 amide bonds. The molecule has 1 rings (SSSR count). The van der Waals surface area contributed by atoms with Gasteiger partial charge in [-0.05, 0) is 57.9 Å². The van der Waals surface area contributed by atoms with Gasteiger partial charge in [0.2, 0.25) is 0 Å². The Labute approximate surface area is 119 Å². The second-order valence-electron chi connectivity index (χ2n) is 6.22. The minimum atomic E-state index is -2.89. The third-order valence-electron chi connectivity index (χ3n) is 4.63. The molecule has 0 aromatic carbocycles. The van der Waals surface area contributed by atoms with Crippen molar-refractivity contribution in [2.24, 2.45) is 11.8 Å². The monoisotopic (exact) mass is 289 g/mol. The summed E-state index contributed by atoms with van der Waals surface area (Å²) in [4.78, 5) is 0. The lowest BCUT2D eigenvalue weighted by atomic mass is 9.76. The minimum absolute atomic E-state index is 0.240. The average molecular weight is 289 g/mol. The number of sulfone groups is 1. The van der Waals surface area contributed by atoms with Crippen LogP contribution in [-0.2, 0) is 9.84 Å². The summed E-state index contributed by atoms with van der Waals surface area (Å²) in [5.41, 5.74) is 0. The predicted molar refractivity (Wildman–Crippen MR) is 82.1 cm³/mol. The van der Waals surface area contributed by atoms with Gasteiger partial charge in [-0.15, -0.1) is 0 Å². The fraction of sp³-hybridized carbons (Fsp3) is 1.00. The first kappa shape index (κ1) is 17.0. The van der Waals surface area contributed by atoms with E-state index >= 15 is 0 Å². The topological polar surface area (TPSA) is 46.2 Å². The Balaban J connectivity index is 2.59. The maximum atomic E-state index is 12.0. The fourth-order valence-electron chi connectivity index (χ4n) is 3.13. The first-order chi connectivity index (χ1) is 8.90. The van der Waals surface area contributed by atoms with Crippen molar-refractivity contribution in [3.63, 3.8) is 0 Å². The summed E-state index contributed by atoms with van der Waals surface area (Å²) < 4.78 is 23.9. The second-order valence-corrected chi connectivity index (χ2v) is 8.89. The highest BCUT2D eigenvalue weighted by Gasteiger charge is 2.30. The van der Waals surface area contributed by atoms with Crippen LogP contribution in [0.2, 0.25) is 0 Å². The molecule has 0 radical (unpaired) electrons. The van der Waals surface area contributed by atoms with Gasteiger partial charge in [-0.2, -0.15) is 0 Å². The van der Waals surface area contributed by atoms with Gasteiger partial charge in [0.15, 0.2) is 9.84 Å². The van der Waals surface area contributed by atoms with E-state index in [0.29, 0.717) is 17.7 Å². The molecule has 0 heterocycles. The molecule has 3 unspecified atom stereocenters. The van der Waals surface area contributed by atoms with Crippen molar-refractivity contribution in [1.29, 1.82) is 0 Å². The standard InChI is InChI=1S/C15H31NO2S/c1-5-13-7-8-15(16-6-2)14(11-13)9-10-19(17,18)12(3)4/h12-16H,5-11H2,1-4H3. The third kappa shape index (κ3) is 5.07. The first-order valence-electron chi connectivity index (χ1n) is 7.85. The van der Waals surface area contributed by atoms with Crippen molar-refractivity contribution in [1.82, 2.24) is 5.32 Å². The number of rotatable bonds is 7. The Morgan fingerprint density at radius 1 is 1.21 bits per heavy atom. The van der Waals surface area contributed by atoms with Crippen LogP contribution in [0.5, 0.6) is 0 Å². The van der Waals surface area contributed by atoms with E-state index in [0.717, 1.165) is 18.9 Å². The molecule has 0 aliphatic heterocycles. The fourth-order valence-corrected chi connectivity index (χ4v) is 4.24. The summed E-state index contributed by atoms with van der Waals surface area (Å²) in [5, 5.41) is 3.31. The molecule has 0 saturated heterocycles. The van der Waals surface area contributed by atoms with Crippen molar-refractivity contribution in [3.8, 4) is 0 Å². The average Bonchev–Trinajstić information content (AvgIpc) is 2.37. The van der Waals surface area contributed by atoms with E-state index in [9.17, 15) is 8.42 Å². The summed E-state index contributed by atoms with van der Waals surface area (Å²) in [5.74, 6) is 1.68. The van der Waals surface area contributed by atoms with Crippen LogP contribution >= 0.6 is 0 Å². The van der Waals surface area contributed by atoms with Crippen LogP contribution in [0.25, 0.3) is 0 Å². The van der Waals surface area contributed by atoms with Crippen molar-refractivity contribution >= 4 is 9.84 Å². The van der Waals surface area contributed by atoms with Gasteiger partial charge in [-0.25, -0.2) is 8.42 Å². The van der Waals surface area contributed by atoms with Crippen LogP contribution < -0.4 is 5.32 Å². The zero-order chi connectivity index (χ0) is 14.5. The van der Waals surface area contributed by atoms with Gasteiger partial charge in [0.05, 0.1) is 11.0 Å². The minimum Gasteiger partial charge on any atom is -0.314 e. The highest BCUT2D eigenvalue weighted by atomic mass is 32.2. The van der Waals surface area contributed by atoms with Crippen LogP contribution in [-0.4, -0.2) is 32.0 Å². The van der Waals surface area contributed by atoms with E-state index < -0.39 is 9.84 Å². The molecular formula is C15H31NO2S. The van der Waals surface area contributed by atoms with E-state index in [1.807, 2.05) is 0 Å². The van der Waals surface area contributed by atoms with Crippen molar-refractivity contribution in [3.05, 3.63) is 0 Å². The predicted octanol–water partition coefficient (Wildman–Crippen LogP) is 3.00. The van der Waals surface area contributed by atoms with Gasteiger partial charge in [-0.1, -0.05) is 20.3 Å². The summed E-state index contributed by atoms with van der Waals surface area (Å²) >= 11 is 0. The summed E-state index contributed by atoms with van der Waals surface area (Å²) in [6, 6.07) is 0.523. The molecule has 1 aliphatic rings. The lowest BCUT2D eigenvalue weighted by Gasteiger charge is -2.36. The molecule has 3 atom stereocenters. The molecule has 3 nitrogen and oxygen atoms in total. The summed E-state index contributed by atoms with van der Waals surface area (Å²) in [7, 11) is -2.89. The lowest BCUT2D eigenvalue weighted by Crippen LogP contribution is -2.41. The normalized spacial score (nSPS) is 28.8. The zero-order valence-corrected chi connectivity index (χ0v) is 13.8. The maximum Gasteiger partial charge on any atom is 0.152 e. The first-order valence-corrected chi connectivity index (χ1v) is 9.57. The molecule has 0 aromatic rings. The van der Waals surface area contributed by atoms with Gasteiger partial charge >= 0.3 is 0 Å². The molecule has 1 aliphatic carbocycles. The van der Waals surface area contributed by atoms with E-state index in [1.54, 1.807) is 13.8 Å². The molecule has 1 N–H and O–H groups in total. The third-order valence-corrected chi connectivity index (χ3v) is 6.87. The van der Waals surface area contributed by atoms with Crippen LogP contribution in [0, 0.1) is 11.8 Å². The zero-order valence-electron chi connectivity index (χ0n) is 13.0. The van der Waals surface area contributed by atoms with Crippen molar-refractivity contribution < 1.29 is 8.42 Å². The van der Waals surface area contributed by atoms with Crippen LogP contribution in [0.1, 0.15) is 59.8 Å². The molecule has 0 aromatic heterocycles. The number of hydrogen-bond acceptors (Lipinski definition) is 3. The van der Waals surface area contributed by atoms with Crippen LogP contribution in [0.4, 0.5) is 0 Å². The van der Waals surface area contributed by atoms with Crippen molar-refractivity contribution in [2.75, 3.05) is 12.3 Å². The Morgan fingerprint density at radius 3 is 2.42 bits per heavy atom. The summed E-state index contributed by atoms with van der Waals surface area (Å²) in [6.45, 7) is 8.93. The Morgan fingerprint density at radius 2 is 1.89 bits per heavy atom. The Bertz CT molecular complexity index is 351. The summed E-state index contributed by atoms with van der Waals surface area (Å²) in [6.07, 6.45) is 5.75. The van der Waals surface area contributed by atoms with E-state index in [2.05, 4.69) is 19.2 Å². The SMILES string of the molecule is CCNC1CCC(CC)CC1CCS(=O)(=O)C(C)C. The van der Waals surface area contributed by atoms with Crippen LogP contribution in [0.3, 0.4) is 0 Å². The van der Waals surface area contributed by atoms with E-state index in [4.69, 9.17) is 0 Å². The largest absolute Gasteiger partial charge is 0.314 e. The number of hydrogen-bond donors (Lipinski definition) is 1. The van der Waals surface area contributed by atoms with Gasteiger partial charge in [0, 0.05) is 6.04 Å². The highest BCUT2D eigenvalue weighted by molar-refractivity contribution is 7.91. The molecule has 19 heavy (non-hydrogen) atoms. The second kappa shape index (κ2) is 7.63. The lowest BCUT2D eigenvalue weighted by molar-refractivity contribution is 0.197. The molecule has 0 spiro atoms. The number of nitrogens with one attached hydrogen (secondary N) is 1. The highest BCUT2D eigenvalue weighted by Crippen LogP contribution is 2.33. The van der Waals surface area contributed by atoms with Crippen LogP contribution in [0.15, 0.2) is 0 Å². The van der Waals surface area contributed by atoms with Crippen molar-refractivity contribution in [2.45, 2.75) is 71.1 Å². The Kier molecular flexibility index (Phi) is 6.81. The quantitative estimate of drug-likeness (QED) is 0.783. The smallest absolute Gasteiger partial charge is 0.152 e. The van der Waals surface area contributed by atoms with E-state index in [1.165, 1.54) is 25.7 Å². The van der Waals surface area contributed by atoms with Gasteiger partial charge in [0.25, 0.3) is 0 Å². The van der Waals surface area contributed by atoms with Gasteiger partial charge in [-0.3, -0.25) is 0 Å².